The van der Waals surface area contributed by atoms with Gasteiger partial charge >= 0.3 is 5.97 Å². The van der Waals surface area contributed by atoms with E-state index in [1.165, 1.54) is 32.6 Å². The molecule has 3 rings (SSSR count). The zero-order chi connectivity index (χ0) is 17.8. The van der Waals surface area contributed by atoms with Gasteiger partial charge in [-0.2, -0.15) is 0 Å². The average Bonchev–Trinajstić information content (AvgIpc) is 3.12. The average molecular weight is 367 g/mol. The predicted molar refractivity (Wildman–Crippen MR) is 98.3 cm³/mol. The number of carboxylic acids is 1. The van der Waals surface area contributed by atoms with Gasteiger partial charge < -0.3 is 9.84 Å². The summed E-state index contributed by atoms with van der Waals surface area (Å²) >= 11 is 6.26. The van der Waals surface area contributed by atoms with Crippen LogP contribution in [0.2, 0.25) is 5.02 Å². The summed E-state index contributed by atoms with van der Waals surface area (Å²) < 4.78 is 5.37. The molecular formula is C19H27ClN2O3. The SMILES string of the molecule is CC(Oc1ccc(CN2CCN(C3CCCC3)CC2)cc1Cl)C(=O)O. The lowest BCUT2D eigenvalue weighted by Crippen LogP contribution is -2.49. The highest BCUT2D eigenvalue weighted by Crippen LogP contribution is 2.28. The van der Waals surface area contributed by atoms with Gasteiger partial charge in [0.1, 0.15) is 5.75 Å². The van der Waals surface area contributed by atoms with Crippen LogP contribution in [0, 0.1) is 0 Å². The molecule has 1 atom stereocenters. The maximum atomic E-state index is 10.9. The maximum Gasteiger partial charge on any atom is 0.344 e. The summed E-state index contributed by atoms with van der Waals surface area (Å²) in [6, 6.07) is 6.43. The summed E-state index contributed by atoms with van der Waals surface area (Å²) in [7, 11) is 0. The summed E-state index contributed by atoms with van der Waals surface area (Å²) in [5.74, 6) is -0.577. The van der Waals surface area contributed by atoms with Gasteiger partial charge in [-0.25, -0.2) is 4.79 Å². The van der Waals surface area contributed by atoms with E-state index in [-0.39, 0.29) is 0 Å². The molecule has 0 spiro atoms. The van der Waals surface area contributed by atoms with Gasteiger partial charge in [0.15, 0.2) is 6.10 Å². The predicted octanol–water partition coefficient (Wildman–Crippen LogP) is 3.25. The zero-order valence-corrected chi connectivity index (χ0v) is 15.5. The molecule has 1 unspecified atom stereocenters. The second kappa shape index (κ2) is 8.39. The van der Waals surface area contributed by atoms with Crippen molar-refractivity contribution in [3.63, 3.8) is 0 Å². The molecule has 2 aliphatic rings. The van der Waals surface area contributed by atoms with E-state index in [1.54, 1.807) is 6.07 Å². The molecule has 6 heteroatoms. The Morgan fingerprint density at radius 2 is 1.96 bits per heavy atom. The summed E-state index contributed by atoms with van der Waals surface area (Å²) in [6.45, 7) is 6.83. The number of hydrogen-bond donors (Lipinski definition) is 1. The van der Waals surface area contributed by atoms with Crippen LogP contribution in [0.25, 0.3) is 0 Å². The van der Waals surface area contributed by atoms with Crippen LogP contribution in [0.3, 0.4) is 0 Å². The van der Waals surface area contributed by atoms with Crippen LogP contribution >= 0.6 is 11.6 Å². The summed E-state index contributed by atoms with van der Waals surface area (Å²) in [4.78, 5) is 16.0. The number of aliphatic carboxylic acids is 1. The number of rotatable bonds is 6. The molecule has 138 valence electrons. The number of hydrogen-bond acceptors (Lipinski definition) is 4. The molecule has 1 aliphatic carbocycles. The molecule has 25 heavy (non-hydrogen) atoms. The van der Waals surface area contributed by atoms with Crippen molar-refractivity contribution >= 4 is 17.6 Å². The lowest BCUT2D eigenvalue weighted by Gasteiger charge is -2.38. The van der Waals surface area contributed by atoms with E-state index in [0.29, 0.717) is 10.8 Å². The standard InChI is InChI=1S/C19H27ClN2O3/c1-14(19(23)24)25-18-7-6-15(12-17(18)20)13-21-8-10-22(11-9-21)16-4-2-3-5-16/h6-7,12,14,16H,2-5,8-11,13H2,1H3,(H,23,24). The van der Waals surface area contributed by atoms with E-state index >= 15 is 0 Å². The van der Waals surface area contributed by atoms with Crippen molar-refractivity contribution in [2.45, 2.75) is 51.3 Å². The van der Waals surface area contributed by atoms with E-state index < -0.39 is 12.1 Å². The molecule has 0 aromatic heterocycles. The number of halogens is 1. The largest absolute Gasteiger partial charge is 0.479 e. The molecule has 0 radical (unpaired) electrons. The Morgan fingerprint density at radius 3 is 2.56 bits per heavy atom. The first-order chi connectivity index (χ1) is 12.0. The Kier molecular flexibility index (Phi) is 6.20. The zero-order valence-electron chi connectivity index (χ0n) is 14.8. The third-order valence-electron chi connectivity index (χ3n) is 5.30. The third-order valence-corrected chi connectivity index (χ3v) is 5.60. The second-order valence-electron chi connectivity index (χ2n) is 7.11. The molecule has 2 fully saturated rings. The summed E-state index contributed by atoms with van der Waals surface area (Å²) in [5.41, 5.74) is 1.13. The molecule has 0 amide bonds. The fourth-order valence-corrected chi connectivity index (χ4v) is 4.04. The highest BCUT2D eigenvalue weighted by Gasteiger charge is 2.26. The van der Waals surface area contributed by atoms with Gasteiger partial charge in [-0.1, -0.05) is 30.5 Å². The molecule has 1 aromatic carbocycles. The topological polar surface area (TPSA) is 53.0 Å². The minimum atomic E-state index is -1.000. The number of nitrogens with zero attached hydrogens (tertiary/aromatic N) is 2. The molecule has 0 bridgehead atoms. The van der Waals surface area contributed by atoms with Crippen LogP contribution in [0.4, 0.5) is 0 Å². The first-order valence-corrected chi connectivity index (χ1v) is 9.55. The fraction of sp³-hybridized carbons (Fsp3) is 0.632. The van der Waals surface area contributed by atoms with Gasteiger partial charge in [-0.3, -0.25) is 9.80 Å². The molecule has 1 aliphatic heterocycles. The maximum absolute atomic E-state index is 10.9. The van der Waals surface area contributed by atoms with Gasteiger partial charge in [0.05, 0.1) is 5.02 Å². The Hall–Kier alpha value is -1.30. The van der Waals surface area contributed by atoms with Crippen molar-refractivity contribution in [1.82, 2.24) is 9.80 Å². The molecule has 5 nitrogen and oxygen atoms in total. The molecular weight excluding hydrogens is 340 g/mol. The third kappa shape index (κ3) is 4.87. The summed E-state index contributed by atoms with van der Waals surface area (Å²) in [5, 5.41) is 9.39. The summed E-state index contributed by atoms with van der Waals surface area (Å²) in [6.07, 6.45) is 4.60. The lowest BCUT2D eigenvalue weighted by molar-refractivity contribution is -0.144. The quantitative estimate of drug-likeness (QED) is 0.837. The van der Waals surface area contributed by atoms with Crippen molar-refractivity contribution in [3.05, 3.63) is 28.8 Å². The number of ether oxygens (including phenoxy) is 1. The van der Waals surface area contributed by atoms with Crippen molar-refractivity contribution in [3.8, 4) is 5.75 Å². The Bertz CT molecular complexity index is 596. The molecule has 1 N–H and O–H groups in total. The monoisotopic (exact) mass is 366 g/mol. The van der Waals surface area contributed by atoms with Gasteiger partial charge in [0.2, 0.25) is 0 Å². The van der Waals surface area contributed by atoms with Crippen molar-refractivity contribution in [1.29, 1.82) is 0 Å². The van der Waals surface area contributed by atoms with Crippen LogP contribution in [-0.4, -0.2) is 59.2 Å². The minimum Gasteiger partial charge on any atom is -0.479 e. The van der Waals surface area contributed by atoms with E-state index in [9.17, 15) is 4.79 Å². The smallest absolute Gasteiger partial charge is 0.344 e. The second-order valence-corrected chi connectivity index (χ2v) is 7.52. The van der Waals surface area contributed by atoms with Crippen LogP contribution in [0.1, 0.15) is 38.2 Å². The van der Waals surface area contributed by atoms with Gasteiger partial charge in [-0.05, 0) is 37.5 Å². The first-order valence-electron chi connectivity index (χ1n) is 9.17. The number of piperazine rings is 1. The van der Waals surface area contributed by atoms with Gasteiger partial charge in [-0.15, -0.1) is 0 Å². The highest BCUT2D eigenvalue weighted by atomic mass is 35.5. The Balaban J connectivity index is 1.51. The Morgan fingerprint density at radius 1 is 1.28 bits per heavy atom. The highest BCUT2D eigenvalue weighted by molar-refractivity contribution is 6.32. The van der Waals surface area contributed by atoms with Crippen LogP contribution in [-0.2, 0) is 11.3 Å². The van der Waals surface area contributed by atoms with Gasteiger partial charge in [0.25, 0.3) is 0 Å². The van der Waals surface area contributed by atoms with Gasteiger partial charge in [0, 0.05) is 38.8 Å². The molecule has 1 saturated carbocycles. The van der Waals surface area contributed by atoms with Crippen molar-refractivity contribution in [2.75, 3.05) is 26.2 Å². The number of benzene rings is 1. The number of carboxylic acid groups (broad SMARTS) is 1. The lowest BCUT2D eigenvalue weighted by atomic mass is 10.1. The minimum absolute atomic E-state index is 0.423. The molecule has 1 saturated heterocycles. The van der Waals surface area contributed by atoms with E-state index in [2.05, 4.69) is 9.80 Å². The molecule has 1 aromatic rings. The normalized spacial score (nSPS) is 21.4. The van der Waals surface area contributed by atoms with Crippen molar-refractivity contribution in [2.24, 2.45) is 0 Å². The Labute approximate surface area is 154 Å². The van der Waals surface area contributed by atoms with E-state index in [4.69, 9.17) is 21.4 Å². The number of carbonyl (C=O) groups is 1. The van der Waals surface area contributed by atoms with Crippen LogP contribution < -0.4 is 4.74 Å². The van der Waals surface area contributed by atoms with E-state index in [0.717, 1.165) is 44.3 Å². The van der Waals surface area contributed by atoms with E-state index in [1.807, 2.05) is 12.1 Å². The molecule has 1 heterocycles. The van der Waals surface area contributed by atoms with Crippen LogP contribution in [0.5, 0.6) is 5.75 Å². The fourth-order valence-electron chi connectivity index (χ4n) is 3.79. The van der Waals surface area contributed by atoms with Crippen LogP contribution in [0.15, 0.2) is 18.2 Å². The first kappa shape index (κ1) is 18.5. The van der Waals surface area contributed by atoms with Crippen molar-refractivity contribution < 1.29 is 14.6 Å².